The minimum absolute atomic E-state index is 0.174. The highest BCUT2D eigenvalue weighted by Gasteiger charge is 2.50. The number of hydrogen-bond donors (Lipinski definition) is 1. The van der Waals surface area contributed by atoms with Crippen molar-refractivity contribution in [2.75, 3.05) is 19.7 Å². The molecule has 0 spiro atoms. The van der Waals surface area contributed by atoms with Gasteiger partial charge < -0.3 is 5.11 Å². The zero-order chi connectivity index (χ0) is 10.9. The van der Waals surface area contributed by atoms with Gasteiger partial charge in [0.1, 0.15) is 0 Å². The molecule has 1 aliphatic carbocycles. The predicted octanol–water partition coefficient (Wildman–Crippen LogP) is 2.41. The SMILES string of the molecule is CCC1(CC)CN(C2(CO)CCCC2)C1. The molecule has 0 radical (unpaired) electrons. The smallest absolute Gasteiger partial charge is 0.0615 e. The molecule has 1 saturated carbocycles. The van der Waals surface area contributed by atoms with Crippen LogP contribution < -0.4 is 0 Å². The monoisotopic (exact) mass is 211 g/mol. The number of likely N-dealkylation sites (tertiary alicyclic amines) is 1. The molecule has 1 saturated heterocycles. The minimum atomic E-state index is 0.174. The fourth-order valence-electron chi connectivity index (χ4n) is 3.40. The lowest BCUT2D eigenvalue weighted by atomic mass is 9.72. The molecule has 88 valence electrons. The van der Waals surface area contributed by atoms with Crippen LogP contribution in [-0.2, 0) is 0 Å². The van der Waals surface area contributed by atoms with Gasteiger partial charge in [0.25, 0.3) is 0 Å². The van der Waals surface area contributed by atoms with E-state index < -0.39 is 0 Å². The summed E-state index contributed by atoms with van der Waals surface area (Å²) in [6.07, 6.45) is 7.63. The average Bonchev–Trinajstić information content (AvgIpc) is 2.68. The highest BCUT2D eigenvalue weighted by atomic mass is 16.3. The number of rotatable bonds is 4. The topological polar surface area (TPSA) is 23.5 Å². The minimum Gasteiger partial charge on any atom is -0.394 e. The maximum Gasteiger partial charge on any atom is 0.0615 e. The molecule has 2 heteroatoms. The van der Waals surface area contributed by atoms with E-state index >= 15 is 0 Å². The van der Waals surface area contributed by atoms with Crippen molar-refractivity contribution in [1.82, 2.24) is 4.90 Å². The maximum atomic E-state index is 9.63. The molecule has 0 unspecified atom stereocenters. The summed E-state index contributed by atoms with van der Waals surface area (Å²) in [5, 5.41) is 9.63. The van der Waals surface area contributed by atoms with Crippen LogP contribution in [0.25, 0.3) is 0 Å². The molecule has 1 heterocycles. The molecule has 2 fully saturated rings. The largest absolute Gasteiger partial charge is 0.394 e. The van der Waals surface area contributed by atoms with E-state index in [2.05, 4.69) is 18.7 Å². The third kappa shape index (κ3) is 1.72. The van der Waals surface area contributed by atoms with E-state index in [-0.39, 0.29) is 5.54 Å². The molecule has 2 nitrogen and oxygen atoms in total. The van der Waals surface area contributed by atoms with E-state index in [4.69, 9.17) is 0 Å². The van der Waals surface area contributed by atoms with Gasteiger partial charge in [0.05, 0.1) is 6.61 Å². The first-order valence-electron chi connectivity index (χ1n) is 6.56. The number of aliphatic hydroxyl groups excluding tert-OH is 1. The first kappa shape index (κ1) is 11.4. The molecule has 2 aliphatic rings. The summed E-state index contributed by atoms with van der Waals surface area (Å²) in [4.78, 5) is 2.56. The molecule has 0 aromatic heterocycles. The van der Waals surface area contributed by atoms with Crippen LogP contribution in [0, 0.1) is 5.41 Å². The lowest BCUT2D eigenvalue weighted by molar-refractivity contribution is -0.0989. The first-order chi connectivity index (χ1) is 7.20. The molecule has 1 N–H and O–H groups in total. The molecule has 0 aromatic carbocycles. The second-order valence-corrected chi connectivity index (χ2v) is 5.65. The third-order valence-corrected chi connectivity index (χ3v) is 5.05. The van der Waals surface area contributed by atoms with Gasteiger partial charge in [0, 0.05) is 18.6 Å². The van der Waals surface area contributed by atoms with Crippen molar-refractivity contribution in [2.45, 2.75) is 57.9 Å². The second kappa shape index (κ2) is 4.06. The molecule has 0 atom stereocenters. The van der Waals surface area contributed by atoms with Crippen molar-refractivity contribution in [3.63, 3.8) is 0 Å². The van der Waals surface area contributed by atoms with Crippen LogP contribution in [0.3, 0.4) is 0 Å². The van der Waals surface area contributed by atoms with Gasteiger partial charge in [-0.15, -0.1) is 0 Å². The second-order valence-electron chi connectivity index (χ2n) is 5.65. The van der Waals surface area contributed by atoms with Crippen molar-refractivity contribution >= 4 is 0 Å². The van der Waals surface area contributed by atoms with Crippen molar-refractivity contribution in [2.24, 2.45) is 5.41 Å². The van der Waals surface area contributed by atoms with Crippen molar-refractivity contribution < 1.29 is 5.11 Å². The van der Waals surface area contributed by atoms with Gasteiger partial charge in [-0.3, -0.25) is 4.90 Å². The zero-order valence-corrected chi connectivity index (χ0v) is 10.3. The zero-order valence-electron chi connectivity index (χ0n) is 10.3. The molecular formula is C13H25NO. The quantitative estimate of drug-likeness (QED) is 0.772. The Bertz CT molecular complexity index is 209. The molecule has 1 aliphatic heterocycles. The van der Waals surface area contributed by atoms with Gasteiger partial charge in [0.2, 0.25) is 0 Å². The van der Waals surface area contributed by atoms with Crippen LogP contribution in [0.1, 0.15) is 52.4 Å². The van der Waals surface area contributed by atoms with E-state index in [0.29, 0.717) is 12.0 Å². The van der Waals surface area contributed by atoms with E-state index in [1.807, 2.05) is 0 Å². The maximum absolute atomic E-state index is 9.63. The van der Waals surface area contributed by atoms with Gasteiger partial charge >= 0.3 is 0 Å². The summed E-state index contributed by atoms with van der Waals surface area (Å²) in [5.41, 5.74) is 0.749. The Morgan fingerprint density at radius 2 is 1.60 bits per heavy atom. The molecule has 0 amide bonds. The van der Waals surface area contributed by atoms with Gasteiger partial charge in [-0.1, -0.05) is 26.7 Å². The highest BCUT2D eigenvalue weighted by Crippen LogP contribution is 2.46. The Balaban J connectivity index is 1.97. The Hall–Kier alpha value is -0.0800. The Labute approximate surface area is 93.7 Å². The van der Waals surface area contributed by atoms with Crippen LogP contribution in [0.4, 0.5) is 0 Å². The van der Waals surface area contributed by atoms with E-state index in [1.54, 1.807) is 0 Å². The average molecular weight is 211 g/mol. The van der Waals surface area contributed by atoms with Crippen molar-refractivity contribution in [3.05, 3.63) is 0 Å². The van der Waals surface area contributed by atoms with Gasteiger partial charge in [0.15, 0.2) is 0 Å². The number of aliphatic hydroxyl groups is 1. The Morgan fingerprint density at radius 1 is 1.07 bits per heavy atom. The number of nitrogens with zero attached hydrogens (tertiary/aromatic N) is 1. The van der Waals surface area contributed by atoms with Gasteiger partial charge in [-0.2, -0.15) is 0 Å². The standard InChI is InChI=1S/C13H25NO/c1-3-12(4-2)9-14(10-12)13(11-15)7-5-6-8-13/h15H,3-11H2,1-2H3. The van der Waals surface area contributed by atoms with Gasteiger partial charge in [-0.05, 0) is 31.1 Å². The Kier molecular flexibility index (Phi) is 3.09. The summed E-state index contributed by atoms with van der Waals surface area (Å²) in [6, 6.07) is 0. The van der Waals surface area contributed by atoms with Crippen LogP contribution >= 0.6 is 0 Å². The molecule has 0 bridgehead atoms. The highest BCUT2D eigenvalue weighted by molar-refractivity contribution is 5.04. The van der Waals surface area contributed by atoms with E-state index in [9.17, 15) is 5.11 Å². The van der Waals surface area contributed by atoms with Gasteiger partial charge in [-0.25, -0.2) is 0 Å². The van der Waals surface area contributed by atoms with Crippen molar-refractivity contribution in [1.29, 1.82) is 0 Å². The summed E-state index contributed by atoms with van der Waals surface area (Å²) in [6.45, 7) is 7.43. The molecule has 2 rings (SSSR count). The summed E-state index contributed by atoms with van der Waals surface area (Å²) < 4.78 is 0. The third-order valence-electron chi connectivity index (χ3n) is 5.05. The first-order valence-corrected chi connectivity index (χ1v) is 6.56. The number of hydrogen-bond acceptors (Lipinski definition) is 2. The predicted molar refractivity (Wildman–Crippen MR) is 62.9 cm³/mol. The van der Waals surface area contributed by atoms with E-state index in [1.165, 1.54) is 51.6 Å². The molecule has 0 aromatic rings. The lowest BCUT2D eigenvalue weighted by Gasteiger charge is -2.57. The van der Waals surface area contributed by atoms with Crippen LogP contribution in [0.5, 0.6) is 0 Å². The van der Waals surface area contributed by atoms with Crippen LogP contribution in [0.2, 0.25) is 0 Å². The molecular weight excluding hydrogens is 186 g/mol. The van der Waals surface area contributed by atoms with E-state index in [0.717, 1.165) is 0 Å². The summed E-state index contributed by atoms with van der Waals surface area (Å²) in [5.74, 6) is 0. The fourth-order valence-corrected chi connectivity index (χ4v) is 3.40. The normalized spacial score (nSPS) is 29.0. The molecule has 15 heavy (non-hydrogen) atoms. The fraction of sp³-hybridized carbons (Fsp3) is 1.00. The van der Waals surface area contributed by atoms with Crippen molar-refractivity contribution in [3.8, 4) is 0 Å². The summed E-state index contributed by atoms with van der Waals surface area (Å²) >= 11 is 0. The Morgan fingerprint density at radius 3 is 2.00 bits per heavy atom. The van der Waals surface area contributed by atoms with Crippen LogP contribution in [-0.4, -0.2) is 35.2 Å². The lowest BCUT2D eigenvalue weighted by Crippen LogP contribution is -2.65. The van der Waals surface area contributed by atoms with Crippen LogP contribution in [0.15, 0.2) is 0 Å². The summed E-state index contributed by atoms with van der Waals surface area (Å²) in [7, 11) is 0.